The van der Waals surface area contributed by atoms with Gasteiger partial charge in [-0.05, 0) is 138 Å². The molecule has 10 rings (SSSR count). The van der Waals surface area contributed by atoms with Crippen LogP contribution in [0.4, 0.5) is 9.59 Å². The standard InChI is InChI=1S/C52H61N7O6/c1-27(2)45(56-51(62)64-5)49(60)58-21-7-8-43(58)48-54-40-20-15-32(24-41(40)55-48)38-19-18-36(39-23-31-14-17-37(31)44(38)39)30-11-9-29(10-12-30)34-25-42(53-26-34)47-33-13-16-35(22-33)59(47)50(61)46(28(3)4)57-52(63)65-6/h9-12,15,18-20,24,26-28,31,33,35,37,43,45-47H,7-8,13-14,16-17,21-23,25H2,1-6H3,(H,54,55)(H,56,62)(H,57,63)/t31?,33?,35?,37?,43-,45-,46-,47-/m0/s1. The van der Waals surface area contributed by atoms with Crippen molar-refractivity contribution in [3.8, 4) is 22.3 Å². The number of ether oxygens (including phenoxy) is 2. The molecule has 4 unspecified atom stereocenters. The van der Waals surface area contributed by atoms with Gasteiger partial charge in [0.15, 0.2) is 0 Å². The van der Waals surface area contributed by atoms with Crippen LogP contribution in [0.2, 0.25) is 0 Å². The molecule has 4 heterocycles. The number of aromatic amines is 1. The highest BCUT2D eigenvalue weighted by Gasteiger charge is 2.52. The van der Waals surface area contributed by atoms with E-state index in [-0.39, 0.29) is 41.8 Å². The Labute approximate surface area is 380 Å². The van der Waals surface area contributed by atoms with Crippen LogP contribution in [0.3, 0.4) is 0 Å². The van der Waals surface area contributed by atoms with Crippen LogP contribution in [-0.4, -0.2) is 94.4 Å². The van der Waals surface area contributed by atoms with Crippen LogP contribution in [0.5, 0.6) is 0 Å². The third-order valence-corrected chi connectivity index (χ3v) is 15.6. The van der Waals surface area contributed by atoms with Crippen molar-refractivity contribution in [2.24, 2.45) is 28.7 Å². The number of rotatable bonds is 11. The Bertz CT molecular complexity index is 2610. The van der Waals surface area contributed by atoms with Crippen LogP contribution in [0, 0.1) is 23.7 Å². The molecule has 3 N–H and O–H groups in total. The van der Waals surface area contributed by atoms with Gasteiger partial charge in [-0.1, -0.05) is 70.2 Å². The molecule has 0 spiro atoms. The average molecular weight is 880 g/mol. The number of nitrogens with one attached hydrogen (secondary N) is 3. The lowest BCUT2D eigenvalue weighted by Crippen LogP contribution is -2.57. The zero-order valence-electron chi connectivity index (χ0n) is 38.4. The first kappa shape index (κ1) is 42.9. The summed E-state index contributed by atoms with van der Waals surface area (Å²) >= 11 is 0. The summed E-state index contributed by atoms with van der Waals surface area (Å²) in [5, 5.41) is 5.55. The molecule has 8 atom stereocenters. The van der Waals surface area contributed by atoms with Crippen molar-refractivity contribution < 1.29 is 28.7 Å². The predicted molar refractivity (Wildman–Crippen MR) is 250 cm³/mol. The van der Waals surface area contributed by atoms with Crippen LogP contribution in [0.1, 0.15) is 114 Å². The molecule has 3 aliphatic carbocycles. The highest BCUT2D eigenvalue weighted by molar-refractivity contribution is 6.04. The number of hydrogen-bond acceptors (Lipinski definition) is 8. The molecule has 0 radical (unpaired) electrons. The van der Waals surface area contributed by atoms with Gasteiger partial charge < -0.3 is 34.9 Å². The molecule has 3 aliphatic heterocycles. The minimum absolute atomic E-state index is 0.0417. The largest absolute Gasteiger partial charge is 0.453 e. The molecule has 13 heteroatoms. The molecule has 4 aromatic rings. The number of nitrogens with zero attached hydrogens (tertiary/aromatic N) is 4. The van der Waals surface area contributed by atoms with Crippen molar-refractivity contribution >= 4 is 46.3 Å². The third-order valence-electron chi connectivity index (χ3n) is 15.6. The van der Waals surface area contributed by atoms with E-state index in [0.717, 1.165) is 72.2 Å². The summed E-state index contributed by atoms with van der Waals surface area (Å²) in [5.41, 5.74) is 13.1. The number of likely N-dealkylation sites (tertiary alicyclic amines) is 2. The summed E-state index contributed by atoms with van der Waals surface area (Å²) in [7, 11) is 2.64. The van der Waals surface area contributed by atoms with E-state index in [1.54, 1.807) is 0 Å². The third kappa shape index (κ3) is 7.58. The number of allylic oxidation sites excluding steroid dienone is 1. The smallest absolute Gasteiger partial charge is 0.407 e. The van der Waals surface area contributed by atoms with Gasteiger partial charge in [0.25, 0.3) is 0 Å². The molecular weight excluding hydrogens is 819 g/mol. The van der Waals surface area contributed by atoms with E-state index in [1.807, 2.05) is 43.7 Å². The number of piperidine rings is 1. The van der Waals surface area contributed by atoms with Crippen molar-refractivity contribution in [3.63, 3.8) is 0 Å². The Kier molecular flexibility index (Phi) is 11.3. The molecular formula is C52H61N7O6. The molecule has 6 aliphatic rings. The quantitative estimate of drug-likeness (QED) is 0.136. The normalized spacial score (nSPS) is 25.0. The molecule has 4 fully saturated rings. The fourth-order valence-electron chi connectivity index (χ4n) is 12.1. The molecule has 65 heavy (non-hydrogen) atoms. The van der Waals surface area contributed by atoms with Gasteiger partial charge >= 0.3 is 12.2 Å². The van der Waals surface area contributed by atoms with E-state index in [2.05, 4.69) is 70.2 Å². The zero-order chi connectivity index (χ0) is 45.3. The van der Waals surface area contributed by atoms with Crippen LogP contribution >= 0.6 is 0 Å². The van der Waals surface area contributed by atoms with E-state index >= 15 is 0 Å². The Morgan fingerprint density at radius 2 is 1.45 bits per heavy atom. The number of aliphatic imine (C=N–C) groups is 1. The first-order valence-electron chi connectivity index (χ1n) is 23.8. The number of carbonyl (C=O) groups excluding carboxylic acids is 4. The van der Waals surface area contributed by atoms with E-state index in [0.29, 0.717) is 30.7 Å². The number of imidazole rings is 1. The lowest BCUT2D eigenvalue weighted by Gasteiger charge is -2.38. The number of methoxy groups -OCH3 is 2. The van der Waals surface area contributed by atoms with Crippen molar-refractivity contribution in [2.45, 2.75) is 122 Å². The topological polar surface area (TPSA) is 158 Å². The summed E-state index contributed by atoms with van der Waals surface area (Å²) in [6, 6.07) is 18.7. The fraction of sp³-hybridized carbons (Fsp3) is 0.500. The molecule has 2 saturated heterocycles. The van der Waals surface area contributed by atoms with Crippen LogP contribution < -0.4 is 10.6 Å². The van der Waals surface area contributed by atoms with Crippen molar-refractivity contribution in [1.82, 2.24) is 30.4 Å². The number of carbonyl (C=O) groups is 4. The average Bonchev–Trinajstić information content (AvgIpc) is 4.17. The summed E-state index contributed by atoms with van der Waals surface area (Å²) in [6.07, 6.45) is 9.76. The highest BCUT2D eigenvalue weighted by atomic mass is 16.5. The number of hydrogen-bond donors (Lipinski definition) is 3. The Morgan fingerprint density at radius 1 is 0.769 bits per heavy atom. The van der Waals surface area contributed by atoms with Gasteiger partial charge in [0.1, 0.15) is 17.9 Å². The van der Waals surface area contributed by atoms with Gasteiger partial charge in [-0.25, -0.2) is 14.6 Å². The molecule has 2 saturated carbocycles. The Hall–Kier alpha value is -5.98. The second-order valence-electron chi connectivity index (χ2n) is 19.9. The van der Waals surface area contributed by atoms with Crippen molar-refractivity contribution in [3.05, 3.63) is 83.3 Å². The van der Waals surface area contributed by atoms with E-state index in [9.17, 15) is 19.2 Å². The van der Waals surface area contributed by atoms with Gasteiger partial charge in [-0.3, -0.25) is 14.6 Å². The minimum atomic E-state index is -0.684. The first-order valence-corrected chi connectivity index (χ1v) is 23.8. The molecule has 3 aromatic carbocycles. The van der Waals surface area contributed by atoms with E-state index in [1.165, 1.54) is 60.4 Å². The monoisotopic (exact) mass is 879 g/mol. The number of H-pyrrole nitrogens is 1. The molecule has 2 bridgehead atoms. The maximum atomic E-state index is 14.1. The van der Waals surface area contributed by atoms with Crippen LogP contribution in [-0.2, 0) is 25.5 Å². The zero-order valence-corrected chi connectivity index (χ0v) is 38.4. The molecule has 4 amide bonds. The summed E-state index contributed by atoms with van der Waals surface area (Å²) in [5.74, 6) is 2.04. The number of benzene rings is 3. The summed E-state index contributed by atoms with van der Waals surface area (Å²) < 4.78 is 9.69. The number of fused-ring (bicyclic) bond motifs is 6. The maximum Gasteiger partial charge on any atom is 0.407 e. The fourth-order valence-corrected chi connectivity index (χ4v) is 12.1. The van der Waals surface area contributed by atoms with Crippen molar-refractivity contribution in [2.75, 3.05) is 20.8 Å². The second kappa shape index (κ2) is 17.1. The van der Waals surface area contributed by atoms with E-state index in [4.69, 9.17) is 19.5 Å². The minimum Gasteiger partial charge on any atom is -0.453 e. The highest BCUT2D eigenvalue weighted by Crippen LogP contribution is 2.56. The summed E-state index contributed by atoms with van der Waals surface area (Å²) in [6.45, 7) is 8.37. The maximum absolute atomic E-state index is 14.1. The Balaban J connectivity index is 0.868. The van der Waals surface area contributed by atoms with Crippen LogP contribution in [0.25, 0.3) is 38.9 Å². The Morgan fingerprint density at radius 3 is 2.14 bits per heavy atom. The molecule has 340 valence electrons. The second-order valence-corrected chi connectivity index (χ2v) is 19.9. The molecule has 13 nitrogen and oxygen atoms in total. The van der Waals surface area contributed by atoms with Gasteiger partial charge in [-0.2, -0.15) is 0 Å². The van der Waals surface area contributed by atoms with E-state index < -0.39 is 24.3 Å². The number of amides is 4. The van der Waals surface area contributed by atoms with Crippen LogP contribution in [0.15, 0.2) is 65.8 Å². The number of aromatic nitrogens is 2. The van der Waals surface area contributed by atoms with Gasteiger partial charge in [-0.15, -0.1) is 0 Å². The lowest BCUT2D eigenvalue weighted by atomic mass is 9.73. The lowest BCUT2D eigenvalue weighted by molar-refractivity contribution is -0.137. The predicted octanol–water partition coefficient (Wildman–Crippen LogP) is 8.94. The first-order chi connectivity index (χ1) is 31.4. The van der Waals surface area contributed by atoms with Crippen molar-refractivity contribution in [1.29, 1.82) is 0 Å². The van der Waals surface area contributed by atoms with Gasteiger partial charge in [0.2, 0.25) is 11.8 Å². The van der Waals surface area contributed by atoms with Gasteiger partial charge in [0, 0.05) is 30.9 Å². The molecule has 1 aromatic heterocycles. The number of alkyl carbamates (subject to hydrolysis) is 2. The summed E-state index contributed by atoms with van der Waals surface area (Å²) in [4.78, 5) is 69.7. The van der Waals surface area contributed by atoms with Gasteiger partial charge in [0.05, 0.1) is 37.3 Å². The SMILES string of the molecule is COC(=O)N[C@H](C(=O)N1CCC[C@H]1c1nc2ccc(-c3ccc(-c4ccc(C5=CN=C([C@@H]6C7CCC(C7)N6C(=O)[C@@H](NC(=O)OC)C(C)C)C5)cc4)c4c3C3CCC3C4)cc2[nH]1)C(C)C.